The highest BCUT2D eigenvalue weighted by Crippen LogP contribution is 2.29. The van der Waals surface area contributed by atoms with E-state index in [1.165, 1.54) is 12.1 Å². The molecule has 20 heavy (non-hydrogen) atoms. The minimum atomic E-state index is -4.38. The first-order valence-corrected chi connectivity index (χ1v) is 6.19. The first-order valence-electron chi connectivity index (χ1n) is 6.19. The van der Waals surface area contributed by atoms with Gasteiger partial charge in [-0.15, -0.1) is 0 Å². The van der Waals surface area contributed by atoms with E-state index in [9.17, 15) is 18.0 Å². The molecule has 1 aromatic carbocycles. The summed E-state index contributed by atoms with van der Waals surface area (Å²) in [5.74, 6) is 0. The van der Waals surface area contributed by atoms with Crippen LogP contribution >= 0.6 is 0 Å². The first-order chi connectivity index (χ1) is 9.18. The van der Waals surface area contributed by atoms with Crippen LogP contribution in [0.15, 0.2) is 24.3 Å². The fourth-order valence-electron chi connectivity index (χ4n) is 1.75. The molecule has 0 aliphatic rings. The van der Waals surface area contributed by atoms with Crippen molar-refractivity contribution in [3.8, 4) is 0 Å². The minimum absolute atomic E-state index is 0.0450. The zero-order valence-corrected chi connectivity index (χ0v) is 11.3. The quantitative estimate of drug-likeness (QED) is 0.797. The topological polar surface area (TPSA) is 67.1 Å². The van der Waals surface area contributed by atoms with Crippen molar-refractivity contribution in [1.82, 2.24) is 5.32 Å². The molecule has 2 amide bonds. The summed E-state index contributed by atoms with van der Waals surface area (Å²) in [7, 11) is 0. The van der Waals surface area contributed by atoms with Gasteiger partial charge in [-0.3, -0.25) is 0 Å². The average Bonchev–Trinajstić information content (AvgIpc) is 2.26. The number of halogens is 3. The second-order valence-electron chi connectivity index (χ2n) is 4.79. The van der Waals surface area contributed by atoms with E-state index < -0.39 is 17.8 Å². The van der Waals surface area contributed by atoms with Crippen LogP contribution in [-0.4, -0.2) is 18.1 Å². The number of rotatable bonds is 4. The smallest absolute Gasteiger partial charge is 0.335 e. The van der Waals surface area contributed by atoms with Gasteiger partial charge in [0.15, 0.2) is 0 Å². The van der Waals surface area contributed by atoms with Crippen molar-refractivity contribution in [2.45, 2.75) is 38.5 Å². The highest BCUT2D eigenvalue weighted by Gasteiger charge is 2.29. The summed E-state index contributed by atoms with van der Waals surface area (Å²) in [4.78, 5) is 11.6. The maximum atomic E-state index is 12.4. The molecular formula is C13H18F3N3O. The van der Waals surface area contributed by atoms with Crippen LogP contribution in [0, 0.1) is 0 Å². The third-order valence-corrected chi connectivity index (χ3v) is 2.57. The average molecular weight is 289 g/mol. The van der Waals surface area contributed by atoms with Gasteiger partial charge < -0.3 is 16.4 Å². The van der Waals surface area contributed by atoms with Gasteiger partial charge in [-0.2, -0.15) is 13.2 Å². The molecule has 2 unspecified atom stereocenters. The number of carbonyl (C=O) groups is 1. The molecule has 0 aromatic heterocycles. The van der Waals surface area contributed by atoms with Crippen molar-refractivity contribution in [3.63, 3.8) is 0 Å². The predicted octanol–water partition coefficient (Wildman–Crippen LogP) is 2.95. The molecule has 0 aliphatic carbocycles. The highest BCUT2D eigenvalue weighted by atomic mass is 19.4. The molecule has 1 aromatic rings. The molecule has 0 bridgehead atoms. The van der Waals surface area contributed by atoms with E-state index in [1.54, 1.807) is 6.92 Å². The number of alkyl halides is 3. The lowest BCUT2D eigenvalue weighted by atomic mass is 10.1. The van der Waals surface area contributed by atoms with Gasteiger partial charge in [0, 0.05) is 17.8 Å². The van der Waals surface area contributed by atoms with Crippen molar-refractivity contribution in [1.29, 1.82) is 0 Å². The molecule has 0 saturated carbocycles. The lowest BCUT2D eigenvalue weighted by Gasteiger charge is -2.16. The molecule has 0 saturated heterocycles. The van der Waals surface area contributed by atoms with Crippen molar-refractivity contribution in [2.24, 2.45) is 5.73 Å². The third-order valence-electron chi connectivity index (χ3n) is 2.57. The van der Waals surface area contributed by atoms with E-state index in [2.05, 4.69) is 10.6 Å². The molecule has 112 valence electrons. The van der Waals surface area contributed by atoms with E-state index >= 15 is 0 Å². The van der Waals surface area contributed by atoms with Gasteiger partial charge in [0.25, 0.3) is 0 Å². The highest BCUT2D eigenvalue weighted by molar-refractivity contribution is 5.89. The zero-order valence-electron chi connectivity index (χ0n) is 11.3. The fraction of sp³-hybridized carbons (Fsp3) is 0.462. The maximum Gasteiger partial charge on any atom is 0.416 e. The Kier molecular flexibility index (Phi) is 5.38. The summed E-state index contributed by atoms with van der Waals surface area (Å²) in [5.41, 5.74) is 5.14. The summed E-state index contributed by atoms with van der Waals surface area (Å²) in [5, 5.41) is 5.12. The van der Waals surface area contributed by atoms with Crippen molar-refractivity contribution in [2.75, 3.05) is 5.32 Å². The number of anilines is 1. The Balaban J connectivity index is 2.54. The Labute approximate surface area is 115 Å². The zero-order chi connectivity index (χ0) is 15.3. The lowest BCUT2D eigenvalue weighted by Crippen LogP contribution is -2.39. The summed E-state index contributed by atoms with van der Waals surface area (Å²) >= 11 is 0. The Bertz CT molecular complexity index is 443. The number of benzene rings is 1. The van der Waals surface area contributed by atoms with Crippen LogP contribution in [0.3, 0.4) is 0 Å². The summed E-state index contributed by atoms with van der Waals surface area (Å²) in [6.07, 6.45) is -3.77. The van der Waals surface area contributed by atoms with Crippen molar-refractivity contribution < 1.29 is 18.0 Å². The van der Waals surface area contributed by atoms with Gasteiger partial charge in [-0.1, -0.05) is 0 Å². The Morgan fingerprint density at radius 2 is 1.80 bits per heavy atom. The number of nitrogens with one attached hydrogen (secondary N) is 2. The molecule has 7 heteroatoms. The molecule has 4 N–H and O–H groups in total. The molecular weight excluding hydrogens is 271 g/mol. The van der Waals surface area contributed by atoms with E-state index in [0.717, 1.165) is 12.1 Å². The standard InChI is InChI=1S/C13H18F3N3O/c1-8(17)7-9(2)18-12(20)19-11-5-3-10(4-6-11)13(14,15)16/h3-6,8-9H,7,17H2,1-2H3,(H2,18,19,20). The van der Waals surface area contributed by atoms with Crippen LogP contribution in [0.2, 0.25) is 0 Å². The Morgan fingerprint density at radius 1 is 1.25 bits per heavy atom. The fourth-order valence-corrected chi connectivity index (χ4v) is 1.75. The van der Waals surface area contributed by atoms with Crippen LogP contribution in [0.25, 0.3) is 0 Å². The number of carbonyl (C=O) groups excluding carboxylic acids is 1. The number of amides is 2. The second kappa shape index (κ2) is 6.60. The van der Waals surface area contributed by atoms with Crippen LogP contribution < -0.4 is 16.4 Å². The number of nitrogens with two attached hydrogens (primary N) is 1. The summed E-state index contributed by atoms with van der Waals surface area (Å²) in [6.45, 7) is 3.63. The van der Waals surface area contributed by atoms with Gasteiger partial charge >= 0.3 is 12.2 Å². The van der Waals surface area contributed by atoms with Crippen LogP contribution in [0.1, 0.15) is 25.8 Å². The molecule has 0 heterocycles. The Morgan fingerprint density at radius 3 is 2.25 bits per heavy atom. The van der Waals surface area contributed by atoms with Crippen LogP contribution in [-0.2, 0) is 6.18 Å². The molecule has 1 rings (SSSR count). The van der Waals surface area contributed by atoms with Gasteiger partial charge in [-0.05, 0) is 44.5 Å². The van der Waals surface area contributed by atoms with E-state index in [-0.39, 0.29) is 12.1 Å². The normalized spacial score (nSPS) is 14.5. The van der Waals surface area contributed by atoms with Crippen molar-refractivity contribution in [3.05, 3.63) is 29.8 Å². The minimum Gasteiger partial charge on any atom is -0.335 e. The third kappa shape index (κ3) is 5.48. The SMILES string of the molecule is CC(N)CC(C)NC(=O)Nc1ccc(C(F)(F)F)cc1. The predicted molar refractivity (Wildman–Crippen MR) is 71.3 cm³/mol. The molecule has 0 spiro atoms. The van der Waals surface area contributed by atoms with Gasteiger partial charge in [-0.25, -0.2) is 4.79 Å². The van der Waals surface area contributed by atoms with E-state index in [0.29, 0.717) is 12.1 Å². The molecule has 0 aliphatic heterocycles. The monoisotopic (exact) mass is 289 g/mol. The van der Waals surface area contributed by atoms with E-state index in [4.69, 9.17) is 5.73 Å². The number of urea groups is 1. The molecule has 0 fully saturated rings. The van der Waals surface area contributed by atoms with Crippen LogP contribution in [0.4, 0.5) is 23.7 Å². The van der Waals surface area contributed by atoms with Gasteiger partial charge in [0.1, 0.15) is 0 Å². The first kappa shape index (κ1) is 16.3. The van der Waals surface area contributed by atoms with Gasteiger partial charge in [0.2, 0.25) is 0 Å². The molecule has 2 atom stereocenters. The van der Waals surface area contributed by atoms with Crippen molar-refractivity contribution >= 4 is 11.7 Å². The number of hydrogen-bond donors (Lipinski definition) is 3. The largest absolute Gasteiger partial charge is 0.416 e. The Hall–Kier alpha value is -1.76. The van der Waals surface area contributed by atoms with Gasteiger partial charge in [0.05, 0.1) is 5.56 Å². The maximum absolute atomic E-state index is 12.4. The van der Waals surface area contributed by atoms with E-state index in [1.807, 2.05) is 6.92 Å². The second-order valence-corrected chi connectivity index (χ2v) is 4.79. The van der Waals surface area contributed by atoms with Crippen LogP contribution in [0.5, 0.6) is 0 Å². The lowest BCUT2D eigenvalue weighted by molar-refractivity contribution is -0.137. The summed E-state index contributed by atoms with van der Waals surface area (Å²) in [6, 6.07) is 3.61. The molecule has 4 nitrogen and oxygen atoms in total. The molecule has 0 radical (unpaired) electrons. The number of hydrogen-bond acceptors (Lipinski definition) is 2. The summed E-state index contributed by atoms with van der Waals surface area (Å²) < 4.78 is 37.1.